The maximum atomic E-state index is 8.90. The van der Waals surface area contributed by atoms with Crippen LogP contribution in [-0.4, -0.2) is 24.1 Å². The van der Waals surface area contributed by atoms with E-state index in [0.29, 0.717) is 0 Å². The van der Waals surface area contributed by atoms with Gasteiger partial charge < -0.3 is 9.84 Å². The van der Waals surface area contributed by atoms with Gasteiger partial charge in [0.05, 0.1) is 13.7 Å². The van der Waals surface area contributed by atoms with E-state index in [1.165, 1.54) is 0 Å². The van der Waals surface area contributed by atoms with Gasteiger partial charge in [0.25, 0.3) is 0 Å². The lowest BCUT2D eigenvalue weighted by atomic mass is 10.3. The Labute approximate surface area is 82.9 Å². The first kappa shape index (κ1) is 10.4. The molecule has 1 N–H and O–H groups in total. The third-order valence-electron chi connectivity index (χ3n) is 1.65. The highest BCUT2D eigenvalue weighted by atomic mass is 32.2. The molecule has 0 spiro atoms. The van der Waals surface area contributed by atoms with E-state index in [1.54, 1.807) is 18.9 Å². The molecule has 0 saturated heterocycles. The second-order valence-corrected chi connectivity index (χ2v) is 4.24. The van der Waals surface area contributed by atoms with Gasteiger partial charge in [-0.1, -0.05) is 19.1 Å². The number of thioether (sulfide) groups is 1. The second-order valence-electron chi connectivity index (χ2n) is 2.76. The van der Waals surface area contributed by atoms with Gasteiger partial charge >= 0.3 is 0 Å². The number of hydrogen-bond acceptors (Lipinski definition) is 3. The normalized spacial score (nSPS) is 12.5. The van der Waals surface area contributed by atoms with Gasteiger partial charge in [-0.15, -0.1) is 11.8 Å². The van der Waals surface area contributed by atoms with Gasteiger partial charge in [-0.05, 0) is 12.1 Å². The lowest BCUT2D eigenvalue weighted by Gasteiger charge is -2.10. The summed E-state index contributed by atoms with van der Waals surface area (Å²) >= 11 is 1.62. The predicted octanol–water partition coefficient (Wildman–Crippen LogP) is 2.17. The largest absolute Gasteiger partial charge is 0.496 e. The van der Waals surface area contributed by atoms with Crippen LogP contribution in [0.3, 0.4) is 0 Å². The predicted molar refractivity (Wildman–Crippen MR) is 55.4 cm³/mol. The van der Waals surface area contributed by atoms with E-state index >= 15 is 0 Å². The van der Waals surface area contributed by atoms with Crippen molar-refractivity contribution in [3.63, 3.8) is 0 Å². The van der Waals surface area contributed by atoms with Gasteiger partial charge in [0, 0.05) is 10.1 Å². The third-order valence-corrected chi connectivity index (χ3v) is 2.80. The summed E-state index contributed by atoms with van der Waals surface area (Å²) in [6.07, 6.45) is 0. The Morgan fingerprint density at radius 3 is 2.77 bits per heavy atom. The Morgan fingerprint density at radius 1 is 1.46 bits per heavy atom. The molecule has 0 bridgehead atoms. The molecule has 1 aromatic rings. The maximum Gasteiger partial charge on any atom is 0.132 e. The first-order valence-electron chi connectivity index (χ1n) is 4.18. The molecule has 2 nitrogen and oxygen atoms in total. The standard InChI is InChI=1S/C10H14O2S/c1-8(7-11)13-10-6-4-3-5-9(10)12-2/h3-6,8,11H,7H2,1-2H3. The van der Waals surface area contributed by atoms with Crippen LogP contribution in [0.4, 0.5) is 0 Å². The third kappa shape index (κ3) is 2.94. The average Bonchev–Trinajstić information content (AvgIpc) is 2.18. The van der Waals surface area contributed by atoms with Crippen molar-refractivity contribution in [1.82, 2.24) is 0 Å². The van der Waals surface area contributed by atoms with Crippen molar-refractivity contribution in [1.29, 1.82) is 0 Å². The van der Waals surface area contributed by atoms with Crippen molar-refractivity contribution in [2.75, 3.05) is 13.7 Å². The van der Waals surface area contributed by atoms with Gasteiger partial charge in [0.2, 0.25) is 0 Å². The minimum Gasteiger partial charge on any atom is -0.496 e. The molecule has 1 aromatic carbocycles. The number of aliphatic hydroxyl groups excluding tert-OH is 1. The van der Waals surface area contributed by atoms with Gasteiger partial charge in [0.15, 0.2) is 0 Å². The zero-order valence-corrected chi connectivity index (χ0v) is 8.67. The van der Waals surface area contributed by atoms with Crippen LogP contribution in [-0.2, 0) is 0 Å². The number of methoxy groups -OCH3 is 1. The number of hydrogen-bond donors (Lipinski definition) is 1. The van der Waals surface area contributed by atoms with Crippen molar-refractivity contribution in [3.8, 4) is 5.75 Å². The topological polar surface area (TPSA) is 29.5 Å². The van der Waals surface area contributed by atoms with E-state index < -0.39 is 0 Å². The SMILES string of the molecule is COc1ccccc1SC(C)CO. The van der Waals surface area contributed by atoms with Gasteiger partial charge in [-0.3, -0.25) is 0 Å². The molecule has 0 aromatic heterocycles. The van der Waals surface area contributed by atoms with Crippen LogP contribution in [0.2, 0.25) is 0 Å². The monoisotopic (exact) mass is 198 g/mol. The van der Waals surface area contributed by atoms with Crippen LogP contribution < -0.4 is 4.74 Å². The van der Waals surface area contributed by atoms with E-state index in [2.05, 4.69) is 0 Å². The number of aliphatic hydroxyl groups is 1. The Bertz CT molecular complexity index is 263. The van der Waals surface area contributed by atoms with E-state index in [9.17, 15) is 0 Å². The Morgan fingerprint density at radius 2 is 2.15 bits per heavy atom. The van der Waals surface area contributed by atoms with Crippen LogP contribution in [0.5, 0.6) is 5.75 Å². The molecule has 1 atom stereocenters. The fourth-order valence-electron chi connectivity index (χ4n) is 0.970. The molecule has 13 heavy (non-hydrogen) atoms. The van der Waals surface area contributed by atoms with E-state index in [0.717, 1.165) is 10.6 Å². The lowest BCUT2D eigenvalue weighted by molar-refractivity contribution is 0.300. The van der Waals surface area contributed by atoms with Crippen molar-refractivity contribution >= 4 is 11.8 Å². The summed E-state index contributed by atoms with van der Waals surface area (Å²) < 4.78 is 5.19. The molecule has 0 saturated carbocycles. The molecule has 3 heteroatoms. The second kappa shape index (κ2) is 5.14. The van der Waals surface area contributed by atoms with Crippen molar-refractivity contribution < 1.29 is 9.84 Å². The molecular formula is C10H14O2S. The minimum atomic E-state index is 0.183. The lowest BCUT2D eigenvalue weighted by Crippen LogP contribution is -2.01. The summed E-state index contributed by atoms with van der Waals surface area (Å²) in [7, 11) is 1.66. The Hall–Kier alpha value is -0.670. The van der Waals surface area contributed by atoms with Crippen LogP contribution in [0, 0.1) is 0 Å². The minimum absolute atomic E-state index is 0.183. The first-order valence-corrected chi connectivity index (χ1v) is 5.06. The molecule has 0 aliphatic carbocycles. The first-order chi connectivity index (χ1) is 6.27. The molecule has 0 aliphatic heterocycles. The highest BCUT2D eigenvalue weighted by Crippen LogP contribution is 2.31. The quantitative estimate of drug-likeness (QED) is 0.752. The molecule has 1 rings (SSSR count). The van der Waals surface area contributed by atoms with Crippen molar-refractivity contribution in [3.05, 3.63) is 24.3 Å². The molecule has 1 unspecified atom stereocenters. The van der Waals surface area contributed by atoms with Gasteiger partial charge in [-0.2, -0.15) is 0 Å². The smallest absolute Gasteiger partial charge is 0.132 e. The molecule has 0 heterocycles. The van der Waals surface area contributed by atoms with Crippen molar-refractivity contribution in [2.45, 2.75) is 17.1 Å². The molecule has 72 valence electrons. The van der Waals surface area contributed by atoms with Gasteiger partial charge in [0.1, 0.15) is 5.75 Å². The number of rotatable bonds is 4. The zero-order valence-electron chi connectivity index (χ0n) is 7.86. The van der Waals surface area contributed by atoms with Gasteiger partial charge in [-0.25, -0.2) is 0 Å². The fourth-order valence-corrected chi connectivity index (χ4v) is 1.90. The maximum absolute atomic E-state index is 8.90. The van der Waals surface area contributed by atoms with Crippen LogP contribution in [0.25, 0.3) is 0 Å². The highest BCUT2D eigenvalue weighted by molar-refractivity contribution is 8.00. The molecule has 0 fully saturated rings. The summed E-state index contributed by atoms with van der Waals surface area (Å²) in [4.78, 5) is 1.08. The Kier molecular flexibility index (Phi) is 4.12. The summed E-state index contributed by atoms with van der Waals surface area (Å²) in [6, 6.07) is 7.82. The van der Waals surface area contributed by atoms with Crippen molar-refractivity contribution in [2.24, 2.45) is 0 Å². The number of para-hydroxylation sites is 1. The molecule has 0 amide bonds. The summed E-state index contributed by atoms with van der Waals surface area (Å²) in [5, 5.41) is 9.10. The van der Waals surface area contributed by atoms with Crippen LogP contribution in [0.1, 0.15) is 6.92 Å². The Balaban J connectivity index is 2.74. The molecule has 0 radical (unpaired) electrons. The molecule has 0 aliphatic rings. The van der Waals surface area contributed by atoms with E-state index in [-0.39, 0.29) is 11.9 Å². The number of ether oxygens (including phenoxy) is 1. The summed E-state index contributed by atoms with van der Waals surface area (Å²) in [5.74, 6) is 0.868. The van der Waals surface area contributed by atoms with E-state index in [1.807, 2.05) is 31.2 Å². The summed E-state index contributed by atoms with van der Waals surface area (Å²) in [6.45, 7) is 2.17. The average molecular weight is 198 g/mol. The number of benzene rings is 1. The van der Waals surface area contributed by atoms with Crippen LogP contribution in [0.15, 0.2) is 29.2 Å². The molecular weight excluding hydrogens is 184 g/mol. The van der Waals surface area contributed by atoms with Crippen LogP contribution >= 0.6 is 11.8 Å². The summed E-state index contributed by atoms with van der Waals surface area (Å²) in [5.41, 5.74) is 0. The highest BCUT2D eigenvalue weighted by Gasteiger charge is 2.06. The zero-order chi connectivity index (χ0) is 9.68. The fraction of sp³-hybridized carbons (Fsp3) is 0.400. The van der Waals surface area contributed by atoms with E-state index in [4.69, 9.17) is 9.84 Å².